The minimum absolute atomic E-state index is 0.446. The van der Waals surface area contributed by atoms with Crippen LogP contribution in [0.4, 0.5) is 24.5 Å². The van der Waals surface area contributed by atoms with Crippen LogP contribution in [0.2, 0.25) is 0 Å². The number of nitrogens with zero attached hydrogens (tertiary/aromatic N) is 1. The van der Waals surface area contributed by atoms with E-state index in [1.165, 1.54) is 5.32 Å². The number of carbonyl (C=O) groups excluding carboxylic acids is 2. The number of anilines is 2. The van der Waals surface area contributed by atoms with Crippen LogP contribution in [0.1, 0.15) is 13.8 Å². The summed E-state index contributed by atoms with van der Waals surface area (Å²) in [6.45, 7) is 4.97. The monoisotopic (exact) mass is 317 g/mol. The molecule has 0 saturated carbocycles. The predicted molar refractivity (Wildman–Crippen MR) is 77.7 cm³/mol. The molecule has 0 heterocycles. The Morgan fingerprint density at radius 3 is 2.09 bits per heavy atom. The molecule has 1 aromatic rings. The summed E-state index contributed by atoms with van der Waals surface area (Å²) in [7, 11) is 0. The van der Waals surface area contributed by atoms with Crippen LogP contribution in [0.25, 0.3) is 0 Å². The van der Waals surface area contributed by atoms with Gasteiger partial charge in [0.25, 0.3) is 0 Å². The molecule has 0 saturated heterocycles. The van der Waals surface area contributed by atoms with E-state index in [4.69, 9.17) is 0 Å². The Balaban J connectivity index is 2.53. The fourth-order valence-electron chi connectivity index (χ4n) is 1.81. The van der Waals surface area contributed by atoms with Gasteiger partial charge in [-0.25, -0.2) is 0 Å². The number of hydrogen-bond donors (Lipinski definition) is 2. The Labute approximate surface area is 126 Å². The first-order valence-corrected chi connectivity index (χ1v) is 6.77. The van der Waals surface area contributed by atoms with Gasteiger partial charge in [-0.2, -0.15) is 13.2 Å². The van der Waals surface area contributed by atoms with E-state index in [9.17, 15) is 22.8 Å². The van der Waals surface area contributed by atoms with Crippen molar-refractivity contribution in [2.24, 2.45) is 0 Å². The van der Waals surface area contributed by atoms with Gasteiger partial charge in [0, 0.05) is 24.5 Å². The number of amides is 2. The van der Waals surface area contributed by atoms with Crippen LogP contribution in [-0.2, 0) is 9.59 Å². The topological polar surface area (TPSA) is 61.4 Å². The highest BCUT2D eigenvalue weighted by Crippen LogP contribution is 2.17. The van der Waals surface area contributed by atoms with Crippen LogP contribution >= 0.6 is 0 Å². The third kappa shape index (κ3) is 5.27. The summed E-state index contributed by atoms with van der Waals surface area (Å²) in [5.41, 5.74) is 1.43. The molecule has 0 atom stereocenters. The van der Waals surface area contributed by atoms with Crippen molar-refractivity contribution in [1.82, 2.24) is 5.32 Å². The van der Waals surface area contributed by atoms with Crippen LogP contribution in [0.5, 0.6) is 0 Å². The first-order valence-electron chi connectivity index (χ1n) is 6.77. The van der Waals surface area contributed by atoms with Gasteiger partial charge in [-0.1, -0.05) is 0 Å². The zero-order valence-corrected chi connectivity index (χ0v) is 12.3. The number of benzene rings is 1. The molecule has 22 heavy (non-hydrogen) atoms. The van der Waals surface area contributed by atoms with E-state index >= 15 is 0 Å². The number of rotatable bonds is 6. The van der Waals surface area contributed by atoms with E-state index in [0.29, 0.717) is 5.69 Å². The maximum Gasteiger partial charge on any atom is 0.471 e. The van der Waals surface area contributed by atoms with Crippen molar-refractivity contribution in [3.8, 4) is 0 Å². The van der Waals surface area contributed by atoms with Gasteiger partial charge in [-0.05, 0) is 38.1 Å². The van der Waals surface area contributed by atoms with Crippen molar-refractivity contribution in [3.63, 3.8) is 0 Å². The minimum atomic E-state index is -4.99. The van der Waals surface area contributed by atoms with Crippen LogP contribution in [0, 0.1) is 0 Å². The fraction of sp³-hybridized carbons (Fsp3) is 0.429. The van der Waals surface area contributed by atoms with Gasteiger partial charge in [-0.15, -0.1) is 0 Å². The Morgan fingerprint density at radius 2 is 1.64 bits per heavy atom. The highest BCUT2D eigenvalue weighted by Gasteiger charge is 2.38. The molecule has 0 aliphatic rings. The maximum absolute atomic E-state index is 12.0. The predicted octanol–water partition coefficient (Wildman–Crippen LogP) is 2.15. The lowest BCUT2D eigenvalue weighted by Crippen LogP contribution is -2.41. The molecule has 2 amide bonds. The summed E-state index contributed by atoms with van der Waals surface area (Å²) in [5.74, 6) is -2.87. The molecule has 5 nitrogen and oxygen atoms in total. The molecule has 0 spiro atoms. The van der Waals surface area contributed by atoms with Crippen molar-refractivity contribution in [3.05, 3.63) is 24.3 Å². The third-order valence-corrected chi connectivity index (χ3v) is 2.95. The van der Waals surface area contributed by atoms with Gasteiger partial charge in [0.2, 0.25) is 5.91 Å². The lowest BCUT2D eigenvalue weighted by Gasteiger charge is -2.21. The second-order valence-corrected chi connectivity index (χ2v) is 4.45. The molecule has 122 valence electrons. The molecular formula is C14H18F3N3O2. The largest absolute Gasteiger partial charge is 0.471 e. The standard InChI is InChI=1S/C14H18F3N3O2/c1-3-20(4-2)11-7-5-10(6-8-11)19-12(21)9-18-13(22)14(15,16)17/h5-8H,3-4,9H2,1-2H3,(H,18,22)(H,19,21). The second kappa shape index (κ2) is 7.67. The molecule has 0 fully saturated rings. The first kappa shape index (κ1) is 17.8. The molecule has 0 aromatic heterocycles. The summed E-state index contributed by atoms with van der Waals surface area (Å²) in [4.78, 5) is 24.2. The minimum Gasteiger partial charge on any atom is -0.372 e. The fourth-order valence-corrected chi connectivity index (χ4v) is 1.81. The van der Waals surface area contributed by atoms with E-state index in [1.807, 2.05) is 13.8 Å². The summed E-state index contributed by atoms with van der Waals surface area (Å²) < 4.78 is 35.9. The van der Waals surface area contributed by atoms with Crippen LogP contribution in [0.3, 0.4) is 0 Å². The van der Waals surface area contributed by atoms with E-state index in [0.717, 1.165) is 18.8 Å². The van der Waals surface area contributed by atoms with Crippen LogP contribution in [-0.4, -0.2) is 37.6 Å². The van der Waals surface area contributed by atoms with Crippen molar-refractivity contribution in [2.75, 3.05) is 29.9 Å². The number of nitrogens with one attached hydrogen (secondary N) is 2. The quantitative estimate of drug-likeness (QED) is 0.845. The van der Waals surface area contributed by atoms with Crippen LogP contribution < -0.4 is 15.5 Å². The van der Waals surface area contributed by atoms with Crippen molar-refractivity contribution < 1.29 is 22.8 Å². The number of halogens is 3. The van der Waals surface area contributed by atoms with E-state index < -0.39 is 24.5 Å². The van der Waals surface area contributed by atoms with Gasteiger partial charge in [0.15, 0.2) is 0 Å². The molecular weight excluding hydrogens is 299 g/mol. The van der Waals surface area contributed by atoms with Gasteiger partial charge >= 0.3 is 12.1 Å². The highest BCUT2D eigenvalue weighted by atomic mass is 19.4. The molecule has 1 aromatic carbocycles. The molecule has 8 heteroatoms. The molecule has 0 unspecified atom stereocenters. The Hall–Kier alpha value is -2.25. The Kier molecular flexibility index (Phi) is 6.21. The lowest BCUT2D eigenvalue weighted by molar-refractivity contribution is -0.173. The second-order valence-electron chi connectivity index (χ2n) is 4.45. The average molecular weight is 317 g/mol. The normalized spacial score (nSPS) is 11.0. The van der Waals surface area contributed by atoms with Crippen molar-refractivity contribution in [2.45, 2.75) is 20.0 Å². The Bertz CT molecular complexity index is 511. The molecule has 2 N–H and O–H groups in total. The van der Waals surface area contributed by atoms with E-state index in [2.05, 4.69) is 10.2 Å². The third-order valence-electron chi connectivity index (χ3n) is 2.95. The zero-order valence-electron chi connectivity index (χ0n) is 12.3. The zero-order chi connectivity index (χ0) is 16.8. The summed E-state index contributed by atoms with van der Waals surface area (Å²) >= 11 is 0. The van der Waals surface area contributed by atoms with Crippen LogP contribution in [0.15, 0.2) is 24.3 Å². The Morgan fingerprint density at radius 1 is 1.09 bits per heavy atom. The van der Waals surface area contributed by atoms with Gasteiger partial charge < -0.3 is 15.5 Å². The average Bonchev–Trinajstić information content (AvgIpc) is 2.46. The number of carbonyl (C=O) groups is 2. The van der Waals surface area contributed by atoms with Crippen molar-refractivity contribution in [1.29, 1.82) is 0 Å². The summed E-state index contributed by atoms with van der Waals surface area (Å²) in [6.07, 6.45) is -4.99. The smallest absolute Gasteiger partial charge is 0.372 e. The molecule has 0 bridgehead atoms. The highest BCUT2D eigenvalue weighted by molar-refractivity contribution is 5.95. The van der Waals surface area contributed by atoms with Crippen molar-refractivity contribution >= 4 is 23.2 Å². The lowest BCUT2D eigenvalue weighted by atomic mass is 10.2. The molecule has 0 aliphatic heterocycles. The number of hydrogen-bond acceptors (Lipinski definition) is 3. The van der Waals surface area contributed by atoms with Gasteiger partial charge in [0.1, 0.15) is 0 Å². The van der Waals surface area contributed by atoms with E-state index in [-0.39, 0.29) is 0 Å². The van der Waals surface area contributed by atoms with Gasteiger partial charge in [-0.3, -0.25) is 9.59 Å². The summed E-state index contributed by atoms with van der Waals surface area (Å²) in [5, 5.41) is 3.92. The molecule has 0 aliphatic carbocycles. The maximum atomic E-state index is 12.0. The first-order chi connectivity index (χ1) is 10.3. The van der Waals surface area contributed by atoms with Gasteiger partial charge in [0.05, 0.1) is 6.54 Å². The number of alkyl halides is 3. The molecule has 1 rings (SSSR count). The van der Waals surface area contributed by atoms with E-state index in [1.54, 1.807) is 24.3 Å². The summed E-state index contributed by atoms with van der Waals surface area (Å²) in [6, 6.07) is 6.90. The SMILES string of the molecule is CCN(CC)c1ccc(NC(=O)CNC(=O)C(F)(F)F)cc1. The molecule has 0 radical (unpaired) electrons.